The average molecular weight is 371 g/mol. The number of esters is 1. The molecule has 1 aromatic heterocycles. The number of benzene rings is 2. The molecule has 3 rings (SSSR count). The minimum absolute atomic E-state index is 0.122. The Bertz CT molecular complexity index is 1050. The molecule has 27 heavy (non-hydrogen) atoms. The lowest BCUT2D eigenvalue weighted by Crippen LogP contribution is -2.26. The third-order valence-corrected chi connectivity index (χ3v) is 3.87. The van der Waals surface area contributed by atoms with Gasteiger partial charge in [-0.15, -0.1) is 5.10 Å². The molecule has 0 aliphatic heterocycles. The van der Waals surface area contributed by atoms with Crippen molar-refractivity contribution in [3.8, 4) is 17.2 Å². The maximum atomic E-state index is 12.5. The zero-order chi connectivity index (χ0) is 19.4. The van der Waals surface area contributed by atoms with Crippen LogP contribution in [0.25, 0.3) is 10.9 Å². The molecular formula is C18H17N3O6. The Labute approximate surface area is 154 Å². The Hall–Kier alpha value is -3.62. The molecule has 0 amide bonds. The predicted octanol–water partition coefficient (Wildman–Crippen LogP) is 1.63. The molecule has 0 spiro atoms. The van der Waals surface area contributed by atoms with Gasteiger partial charge in [0.15, 0.2) is 18.2 Å². The summed E-state index contributed by atoms with van der Waals surface area (Å²) in [6.07, 6.45) is 0. The average Bonchev–Trinajstić information content (AvgIpc) is 2.71. The Kier molecular flexibility index (Phi) is 5.20. The molecule has 0 fully saturated rings. The monoisotopic (exact) mass is 371 g/mol. The fourth-order valence-electron chi connectivity index (χ4n) is 2.57. The fraction of sp³-hybridized carbons (Fsp3) is 0.222. The van der Waals surface area contributed by atoms with Gasteiger partial charge in [0.2, 0.25) is 5.75 Å². The van der Waals surface area contributed by atoms with E-state index in [-0.39, 0.29) is 17.1 Å². The number of hydrogen-bond acceptors (Lipinski definition) is 8. The van der Waals surface area contributed by atoms with Crippen molar-refractivity contribution in [1.82, 2.24) is 15.0 Å². The molecule has 0 aliphatic carbocycles. The van der Waals surface area contributed by atoms with Crippen LogP contribution in [0.3, 0.4) is 0 Å². The van der Waals surface area contributed by atoms with Crippen LogP contribution in [0.4, 0.5) is 0 Å². The smallest absolute Gasteiger partial charge is 0.343 e. The number of methoxy groups -OCH3 is 3. The van der Waals surface area contributed by atoms with E-state index in [9.17, 15) is 9.59 Å². The van der Waals surface area contributed by atoms with E-state index >= 15 is 0 Å². The first-order valence-corrected chi connectivity index (χ1v) is 7.89. The van der Waals surface area contributed by atoms with E-state index in [1.807, 2.05) is 0 Å². The van der Waals surface area contributed by atoms with Gasteiger partial charge in [0.05, 0.1) is 26.7 Å². The van der Waals surface area contributed by atoms with Crippen LogP contribution in [0.2, 0.25) is 0 Å². The maximum absolute atomic E-state index is 12.5. The van der Waals surface area contributed by atoms with E-state index in [4.69, 9.17) is 18.9 Å². The highest BCUT2D eigenvalue weighted by atomic mass is 16.6. The number of fused-ring (bicyclic) bond motifs is 1. The number of aromatic nitrogens is 3. The van der Waals surface area contributed by atoms with Gasteiger partial charge in [-0.1, -0.05) is 17.3 Å². The summed E-state index contributed by atoms with van der Waals surface area (Å²) < 4.78 is 21.9. The molecule has 0 aliphatic rings. The van der Waals surface area contributed by atoms with E-state index in [2.05, 4.69) is 10.3 Å². The minimum Gasteiger partial charge on any atom is -0.493 e. The molecule has 2 aromatic carbocycles. The summed E-state index contributed by atoms with van der Waals surface area (Å²) >= 11 is 0. The molecule has 0 saturated carbocycles. The second kappa shape index (κ2) is 7.73. The lowest BCUT2D eigenvalue weighted by molar-refractivity contribution is 0.0332. The predicted molar refractivity (Wildman–Crippen MR) is 95.3 cm³/mol. The summed E-state index contributed by atoms with van der Waals surface area (Å²) in [4.78, 5) is 24.9. The summed E-state index contributed by atoms with van der Waals surface area (Å²) in [6, 6.07) is 9.81. The summed E-state index contributed by atoms with van der Waals surface area (Å²) in [6.45, 7) is -0.396. The molecule has 140 valence electrons. The largest absolute Gasteiger partial charge is 0.493 e. The summed E-state index contributed by atoms with van der Waals surface area (Å²) in [5, 5.41) is 8.10. The molecule has 9 heteroatoms. The second-order valence-electron chi connectivity index (χ2n) is 5.35. The van der Waals surface area contributed by atoms with Gasteiger partial charge in [-0.2, -0.15) is 4.68 Å². The van der Waals surface area contributed by atoms with E-state index < -0.39 is 18.3 Å². The Morgan fingerprint density at radius 1 is 1.00 bits per heavy atom. The number of carbonyl (C=O) groups is 1. The van der Waals surface area contributed by atoms with Crippen LogP contribution in [-0.4, -0.2) is 42.3 Å². The van der Waals surface area contributed by atoms with Gasteiger partial charge in [0.1, 0.15) is 11.1 Å². The van der Waals surface area contributed by atoms with Crippen LogP contribution >= 0.6 is 0 Å². The Morgan fingerprint density at radius 2 is 1.74 bits per heavy atom. The molecule has 3 aromatic rings. The SMILES string of the molecule is COc1ccc(C(=O)OCn2nnc3ccccc3c2=O)c(OC)c1OC. The first kappa shape index (κ1) is 18.2. The first-order chi connectivity index (χ1) is 13.1. The van der Waals surface area contributed by atoms with Gasteiger partial charge in [0.25, 0.3) is 5.56 Å². The molecular weight excluding hydrogens is 354 g/mol. The molecule has 1 heterocycles. The maximum Gasteiger partial charge on any atom is 0.343 e. The van der Waals surface area contributed by atoms with Crippen molar-refractivity contribution in [2.24, 2.45) is 0 Å². The molecule has 9 nitrogen and oxygen atoms in total. The van der Waals surface area contributed by atoms with E-state index in [1.54, 1.807) is 30.3 Å². The zero-order valence-electron chi connectivity index (χ0n) is 15.0. The van der Waals surface area contributed by atoms with Gasteiger partial charge in [-0.25, -0.2) is 4.79 Å². The van der Waals surface area contributed by atoms with Gasteiger partial charge in [-0.05, 0) is 24.3 Å². The minimum atomic E-state index is -0.713. The van der Waals surface area contributed by atoms with Crippen molar-refractivity contribution in [3.63, 3.8) is 0 Å². The first-order valence-electron chi connectivity index (χ1n) is 7.89. The van der Waals surface area contributed by atoms with Crippen LogP contribution < -0.4 is 19.8 Å². The van der Waals surface area contributed by atoms with E-state index in [1.165, 1.54) is 27.4 Å². The summed E-state index contributed by atoms with van der Waals surface area (Å²) in [7, 11) is 4.30. The number of hydrogen-bond donors (Lipinski definition) is 0. The Balaban J connectivity index is 1.87. The van der Waals surface area contributed by atoms with E-state index in [0.717, 1.165) is 4.68 Å². The molecule has 0 atom stereocenters. The number of rotatable bonds is 6. The lowest BCUT2D eigenvalue weighted by atomic mass is 10.1. The van der Waals surface area contributed by atoms with Crippen molar-refractivity contribution < 1.29 is 23.7 Å². The summed E-state index contributed by atoms with van der Waals surface area (Å²) in [5.41, 5.74) is 0.177. The Morgan fingerprint density at radius 3 is 2.44 bits per heavy atom. The van der Waals surface area contributed by atoms with Crippen LogP contribution in [0.1, 0.15) is 10.4 Å². The molecule has 0 radical (unpaired) electrons. The highest BCUT2D eigenvalue weighted by Gasteiger charge is 2.22. The second-order valence-corrected chi connectivity index (χ2v) is 5.35. The zero-order valence-corrected chi connectivity index (χ0v) is 15.0. The standard InChI is InChI=1S/C18H17N3O6/c1-24-14-9-8-12(15(25-2)16(14)26-3)18(23)27-10-21-17(22)11-6-4-5-7-13(11)19-20-21/h4-9H,10H2,1-3H3. The van der Waals surface area contributed by atoms with Gasteiger partial charge in [-0.3, -0.25) is 4.79 Å². The fourth-order valence-corrected chi connectivity index (χ4v) is 2.57. The normalized spacial score (nSPS) is 10.5. The summed E-state index contributed by atoms with van der Waals surface area (Å²) in [5.74, 6) is 0.119. The third-order valence-electron chi connectivity index (χ3n) is 3.87. The van der Waals surface area contributed by atoms with Crippen LogP contribution in [0.5, 0.6) is 17.2 Å². The molecule has 0 unspecified atom stereocenters. The van der Waals surface area contributed by atoms with Crippen molar-refractivity contribution in [2.45, 2.75) is 6.73 Å². The van der Waals surface area contributed by atoms with Crippen molar-refractivity contribution in [1.29, 1.82) is 0 Å². The highest BCUT2D eigenvalue weighted by Crippen LogP contribution is 2.39. The van der Waals surface area contributed by atoms with Crippen LogP contribution in [-0.2, 0) is 11.5 Å². The molecule has 0 N–H and O–H groups in total. The van der Waals surface area contributed by atoms with E-state index in [0.29, 0.717) is 16.7 Å². The number of nitrogens with zero attached hydrogens (tertiary/aromatic N) is 3. The van der Waals surface area contributed by atoms with Crippen molar-refractivity contribution in [3.05, 3.63) is 52.3 Å². The van der Waals surface area contributed by atoms with Gasteiger partial charge >= 0.3 is 5.97 Å². The van der Waals surface area contributed by atoms with Crippen molar-refractivity contribution >= 4 is 16.9 Å². The van der Waals surface area contributed by atoms with Crippen LogP contribution in [0.15, 0.2) is 41.2 Å². The van der Waals surface area contributed by atoms with Crippen LogP contribution in [0, 0.1) is 0 Å². The third kappa shape index (κ3) is 3.39. The molecule has 0 bridgehead atoms. The lowest BCUT2D eigenvalue weighted by Gasteiger charge is -2.15. The molecule has 0 saturated heterocycles. The van der Waals surface area contributed by atoms with Gasteiger partial charge in [0, 0.05) is 0 Å². The number of carbonyl (C=O) groups excluding carboxylic acids is 1. The van der Waals surface area contributed by atoms with Crippen molar-refractivity contribution in [2.75, 3.05) is 21.3 Å². The number of ether oxygens (including phenoxy) is 4. The quantitative estimate of drug-likeness (QED) is 0.603. The topological polar surface area (TPSA) is 102 Å². The highest BCUT2D eigenvalue weighted by molar-refractivity contribution is 5.94. The van der Waals surface area contributed by atoms with Gasteiger partial charge < -0.3 is 18.9 Å².